The largest absolute Gasteiger partial charge is 0.497 e. The van der Waals surface area contributed by atoms with Gasteiger partial charge >= 0.3 is 0 Å². The molecule has 6 heteroatoms. The molecule has 0 saturated heterocycles. The van der Waals surface area contributed by atoms with E-state index in [9.17, 15) is 9.59 Å². The van der Waals surface area contributed by atoms with E-state index in [1.165, 1.54) is 0 Å². The van der Waals surface area contributed by atoms with E-state index in [2.05, 4.69) is 0 Å². The number of amides is 1. The molecule has 6 nitrogen and oxygen atoms in total. The summed E-state index contributed by atoms with van der Waals surface area (Å²) in [7, 11) is 1.59. The van der Waals surface area contributed by atoms with E-state index in [1.807, 2.05) is 80.6 Å². The maximum atomic E-state index is 14.0. The number of carbonyl (C=O) groups is 1. The fraction of sp³-hybridized carbons (Fsp3) is 0.125. The Balaban J connectivity index is 1.55. The summed E-state index contributed by atoms with van der Waals surface area (Å²) in [5, 5.41) is 0.456. The van der Waals surface area contributed by atoms with E-state index in [0.29, 0.717) is 39.5 Å². The van der Waals surface area contributed by atoms with Crippen LogP contribution in [0.3, 0.4) is 0 Å². The molecule has 2 heterocycles. The SMILES string of the molecule is COc1ccc(N2C(=O)c3oc4cc(C)c(C)cc4c(=O)c3C2c2cccc(Oc3ccccc3)c2)cc1. The van der Waals surface area contributed by atoms with Crippen LogP contribution in [0.2, 0.25) is 0 Å². The topological polar surface area (TPSA) is 69.0 Å². The van der Waals surface area contributed by atoms with E-state index in [0.717, 1.165) is 16.7 Å². The maximum Gasteiger partial charge on any atom is 0.295 e. The molecule has 38 heavy (non-hydrogen) atoms. The van der Waals surface area contributed by atoms with Crippen molar-refractivity contribution in [2.24, 2.45) is 0 Å². The summed E-state index contributed by atoms with van der Waals surface area (Å²) in [6.45, 7) is 3.91. The monoisotopic (exact) mass is 503 g/mol. The quantitative estimate of drug-likeness (QED) is 0.259. The van der Waals surface area contributed by atoms with E-state index >= 15 is 0 Å². The van der Waals surface area contributed by atoms with Gasteiger partial charge < -0.3 is 13.9 Å². The van der Waals surface area contributed by atoms with Crippen LogP contribution in [0.1, 0.15) is 38.9 Å². The summed E-state index contributed by atoms with van der Waals surface area (Å²) in [6, 6.07) is 27.1. The van der Waals surface area contributed by atoms with Gasteiger partial charge in [-0.25, -0.2) is 0 Å². The lowest BCUT2D eigenvalue weighted by Crippen LogP contribution is -2.29. The van der Waals surface area contributed by atoms with Crippen LogP contribution < -0.4 is 19.8 Å². The molecule has 1 unspecified atom stereocenters. The number of carbonyl (C=O) groups excluding carboxylic acids is 1. The number of para-hydroxylation sites is 1. The van der Waals surface area contributed by atoms with Crippen molar-refractivity contribution in [2.45, 2.75) is 19.9 Å². The molecule has 0 radical (unpaired) electrons. The predicted octanol–water partition coefficient (Wildman–Crippen LogP) is 6.96. The zero-order chi connectivity index (χ0) is 26.4. The maximum absolute atomic E-state index is 14.0. The van der Waals surface area contributed by atoms with Gasteiger partial charge in [-0.1, -0.05) is 30.3 Å². The van der Waals surface area contributed by atoms with Gasteiger partial charge in [0.15, 0.2) is 5.43 Å². The Labute approximate surface area is 219 Å². The third-order valence-corrected chi connectivity index (χ3v) is 6.99. The lowest BCUT2D eigenvalue weighted by Gasteiger charge is -2.25. The minimum absolute atomic E-state index is 0.0564. The minimum Gasteiger partial charge on any atom is -0.497 e. The molecule has 1 aromatic heterocycles. The van der Waals surface area contributed by atoms with E-state index in [-0.39, 0.29) is 17.1 Å². The zero-order valence-corrected chi connectivity index (χ0v) is 21.2. The van der Waals surface area contributed by atoms with Gasteiger partial charge in [0.05, 0.1) is 24.1 Å². The van der Waals surface area contributed by atoms with Crippen molar-refractivity contribution in [2.75, 3.05) is 12.0 Å². The number of rotatable bonds is 5. The van der Waals surface area contributed by atoms with Crippen molar-refractivity contribution in [1.82, 2.24) is 0 Å². The number of nitrogens with zero attached hydrogens (tertiary/aromatic N) is 1. The molecular formula is C32H25NO5. The predicted molar refractivity (Wildman–Crippen MR) is 147 cm³/mol. The van der Waals surface area contributed by atoms with Crippen molar-refractivity contribution >= 4 is 22.6 Å². The average molecular weight is 504 g/mol. The second-order valence-corrected chi connectivity index (χ2v) is 9.37. The number of ether oxygens (including phenoxy) is 2. The van der Waals surface area contributed by atoms with Crippen molar-refractivity contribution in [3.05, 3.63) is 129 Å². The van der Waals surface area contributed by atoms with Crippen molar-refractivity contribution in [3.8, 4) is 17.2 Å². The van der Waals surface area contributed by atoms with Gasteiger partial charge in [0, 0.05) is 5.69 Å². The summed E-state index contributed by atoms with van der Waals surface area (Å²) in [5.74, 6) is 1.64. The van der Waals surface area contributed by atoms with Gasteiger partial charge in [-0.05, 0) is 91.2 Å². The van der Waals surface area contributed by atoms with Gasteiger partial charge in [-0.2, -0.15) is 0 Å². The van der Waals surface area contributed by atoms with Gasteiger partial charge in [-0.15, -0.1) is 0 Å². The van der Waals surface area contributed by atoms with Crippen LogP contribution in [-0.4, -0.2) is 13.0 Å². The molecule has 0 fully saturated rings. The number of hydrogen-bond acceptors (Lipinski definition) is 5. The number of methoxy groups -OCH3 is 1. The zero-order valence-electron chi connectivity index (χ0n) is 21.2. The second-order valence-electron chi connectivity index (χ2n) is 9.37. The van der Waals surface area contributed by atoms with Crippen molar-refractivity contribution in [1.29, 1.82) is 0 Å². The first-order chi connectivity index (χ1) is 18.4. The second kappa shape index (κ2) is 9.23. The van der Waals surface area contributed by atoms with Crippen LogP contribution in [0.5, 0.6) is 17.2 Å². The average Bonchev–Trinajstić information content (AvgIpc) is 3.23. The lowest BCUT2D eigenvalue weighted by atomic mass is 9.97. The Hall–Kier alpha value is -4.84. The molecule has 4 aromatic carbocycles. The Morgan fingerprint density at radius 2 is 1.47 bits per heavy atom. The first-order valence-electron chi connectivity index (χ1n) is 12.3. The van der Waals surface area contributed by atoms with Gasteiger partial charge in [-0.3, -0.25) is 14.5 Å². The highest BCUT2D eigenvalue weighted by molar-refractivity contribution is 6.10. The molecule has 6 rings (SSSR count). The molecule has 0 spiro atoms. The Morgan fingerprint density at radius 3 is 2.21 bits per heavy atom. The van der Waals surface area contributed by atoms with Gasteiger partial charge in [0.2, 0.25) is 5.76 Å². The van der Waals surface area contributed by atoms with E-state index in [4.69, 9.17) is 13.9 Å². The summed E-state index contributed by atoms with van der Waals surface area (Å²) < 4.78 is 17.5. The molecule has 188 valence electrons. The van der Waals surface area contributed by atoms with Crippen LogP contribution in [0.4, 0.5) is 5.69 Å². The fourth-order valence-corrected chi connectivity index (χ4v) is 4.93. The molecular weight excluding hydrogens is 478 g/mol. The molecule has 1 aliphatic heterocycles. The first-order valence-corrected chi connectivity index (χ1v) is 12.3. The van der Waals surface area contributed by atoms with E-state index < -0.39 is 6.04 Å². The van der Waals surface area contributed by atoms with Crippen LogP contribution in [0.25, 0.3) is 11.0 Å². The Morgan fingerprint density at radius 1 is 0.763 bits per heavy atom. The molecule has 1 amide bonds. The first kappa shape index (κ1) is 23.6. The Kier molecular flexibility index (Phi) is 5.72. The third kappa shape index (κ3) is 3.91. The number of fused-ring (bicyclic) bond motifs is 2. The molecule has 0 saturated carbocycles. The number of anilines is 1. The minimum atomic E-state index is -0.701. The normalized spacial score (nSPS) is 14.6. The van der Waals surface area contributed by atoms with Crippen LogP contribution in [-0.2, 0) is 0 Å². The molecule has 1 atom stereocenters. The molecule has 0 aliphatic carbocycles. The van der Waals surface area contributed by atoms with Crippen LogP contribution >= 0.6 is 0 Å². The standard InChI is InChI=1S/C32H25NO5/c1-19-16-26-27(17-20(19)2)38-31-28(30(26)34)29(33(32(31)35)22-12-14-23(36-3)15-13-22)21-8-7-11-25(18-21)37-24-9-5-4-6-10-24/h4-18,29H,1-3H3. The smallest absolute Gasteiger partial charge is 0.295 e. The summed E-state index contributed by atoms with van der Waals surface area (Å²) in [5.41, 5.74) is 3.83. The third-order valence-electron chi connectivity index (χ3n) is 6.99. The highest BCUT2D eigenvalue weighted by atomic mass is 16.5. The Bertz CT molecular complexity index is 1740. The highest BCUT2D eigenvalue weighted by Crippen LogP contribution is 2.42. The van der Waals surface area contributed by atoms with E-state index in [1.54, 1.807) is 36.3 Å². The summed E-state index contributed by atoms with van der Waals surface area (Å²) >= 11 is 0. The van der Waals surface area contributed by atoms with Crippen LogP contribution in [0.15, 0.2) is 100 Å². The molecule has 0 bridgehead atoms. The fourth-order valence-electron chi connectivity index (χ4n) is 4.93. The van der Waals surface area contributed by atoms with Crippen LogP contribution in [0, 0.1) is 13.8 Å². The molecule has 1 aliphatic rings. The summed E-state index contributed by atoms with van der Waals surface area (Å²) in [6.07, 6.45) is 0. The van der Waals surface area contributed by atoms with Gasteiger partial charge in [0.25, 0.3) is 5.91 Å². The number of aryl methyl sites for hydroxylation is 2. The highest BCUT2D eigenvalue weighted by Gasteiger charge is 2.43. The molecule has 5 aromatic rings. The van der Waals surface area contributed by atoms with Gasteiger partial charge in [0.1, 0.15) is 22.8 Å². The lowest BCUT2D eigenvalue weighted by molar-refractivity contribution is 0.0971. The van der Waals surface area contributed by atoms with Crippen molar-refractivity contribution < 1.29 is 18.7 Å². The summed E-state index contributed by atoms with van der Waals surface area (Å²) in [4.78, 5) is 29.5. The number of hydrogen-bond donors (Lipinski definition) is 0. The molecule has 0 N–H and O–H groups in total. The number of benzene rings is 4. The van der Waals surface area contributed by atoms with Crippen molar-refractivity contribution in [3.63, 3.8) is 0 Å².